The Kier molecular flexibility index (Phi) is 6.37. The van der Waals surface area contributed by atoms with Gasteiger partial charge >= 0.3 is 0 Å². The van der Waals surface area contributed by atoms with Gasteiger partial charge in [0.1, 0.15) is 0 Å². The molecular weight excluding hydrogens is 364 g/mol. The monoisotopic (exact) mass is 395 g/mol. The van der Waals surface area contributed by atoms with Crippen molar-refractivity contribution in [3.63, 3.8) is 0 Å². The first-order chi connectivity index (χ1) is 13.2. The van der Waals surface area contributed by atoms with E-state index in [1.54, 1.807) is 0 Å². The molecule has 3 rings (SSSR count). The molecule has 28 heavy (non-hydrogen) atoms. The first-order valence-corrected chi connectivity index (χ1v) is 10.1. The van der Waals surface area contributed by atoms with Gasteiger partial charge in [0.25, 0.3) is 5.91 Å². The van der Waals surface area contributed by atoms with E-state index >= 15 is 0 Å². The molecular formula is C21H31F2N3O2. The number of rotatable bonds is 7. The fourth-order valence-corrected chi connectivity index (χ4v) is 4.18. The zero-order chi connectivity index (χ0) is 20.4. The van der Waals surface area contributed by atoms with E-state index in [0.29, 0.717) is 24.9 Å². The molecule has 0 saturated carbocycles. The van der Waals surface area contributed by atoms with E-state index in [2.05, 4.69) is 24.1 Å². The number of benzene rings is 1. The van der Waals surface area contributed by atoms with Crippen molar-refractivity contribution >= 4 is 5.91 Å². The second-order valence-corrected chi connectivity index (χ2v) is 8.83. The number of hydrogen-bond donors (Lipinski definition) is 2. The predicted octanol–water partition coefficient (Wildman–Crippen LogP) is 2.28. The Hall–Kier alpha value is -1.57. The number of amides is 1. The van der Waals surface area contributed by atoms with Gasteiger partial charge in [-0.15, -0.1) is 0 Å². The quantitative estimate of drug-likeness (QED) is 0.744. The Morgan fingerprint density at radius 3 is 2.54 bits per heavy atom. The van der Waals surface area contributed by atoms with Crippen LogP contribution in [0.2, 0.25) is 0 Å². The maximum absolute atomic E-state index is 13.5. The maximum atomic E-state index is 13.5. The zero-order valence-electron chi connectivity index (χ0n) is 16.8. The van der Waals surface area contributed by atoms with Gasteiger partial charge in [0.15, 0.2) is 17.2 Å². The Bertz CT molecular complexity index is 707. The molecule has 0 radical (unpaired) electrons. The fourth-order valence-electron chi connectivity index (χ4n) is 4.18. The number of carbonyl (C=O) groups excluding carboxylic acids is 1. The first kappa shape index (κ1) is 21.1. The SMILES string of the molecule is CC(C)(CN1CCCC1)NC[C@]1(O)CCCN(Cc2ccc(F)c(F)c2)C1=O. The van der Waals surface area contributed by atoms with Crippen LogP contribution >= 0.6 is 0 Å². The number of aliphatic hydroxyl groups is 1. The van der Waals surface area contributed by atoms with Crippen LogP contribution in [0.3, 0.4) is 0 Å². The molecule has 1 aromatic rings. The molecule has 2 fully saturated rings. The standard InChI is InChI=1S/C21H31F2N3O2/c1-20(2,15-25-9-3-4-10-25)24-14-21(28)8-5-11-26(19(21)27)13-16-6-7-17(22)18(23)12-16/h6-7,12,24,28H,3-5,8-11,13-15H2,1-2H3/t21-/m1/s1. The molecule has 0 spiro atoms. The second-order valence-electron chi connectivity index (χ2n) is 8.83. The minimum atomic E-state index is -1.47. The van der Waals surface area contributed by atoms with E-state index in [1.165, 1.54) is 23.8 Å². The average Bonchev–Trinajstić information content (AvgIpc) is 3.13. The lowest BCUT2D eigenvalue weighted by molar-refractivity contribution is -0.157. The number of β-amino-alcohol motifs (C(OH)–C–C–N with tert-alkyl or cyclic N) is 1. The van der Waals surface area contributed by atoms with Gasteiger partial charge in [0, 0.05) is 31.7 Å². The van der Waals surface area contributed by atoms with Gasteiger partial charge in [-0.1, -0.05) is 6.07 Å². The van der Waals surface area contributed by atoms with Crippen molar-refractivity contribution < 1.29 is 18.7 Å². The second kappa shape index (κ2) is 8.43. The van der Waals surface area contributed by atoms with Crippen molar-refractivity contribution in [2.24, 2.45) is 0 Å². The Morgan fingerprint density at radius 2 is 1.86 bits per heavy atom. The molecule has 0 aliphatic carbocycles. The van der Waals surface area contributed by atoms with Gasteiger partial charge in [-0.2, -0.15) is 0 Å². The topological polar surface area (TPSA) is 55.8 Å². The first-order valence-electron chi connectivity index (χ1n) is 10.1. The van der Waals surface area contributed by atoms with Crippen molar-refractivity contribution in [2.45, 2.75) is 57.2 Å². The molecule has 0 unspecified atom stereocenters. The Balaban J connectivity index is 1.60. The summed E-state index contributed by atoms with van der Waals surface area (Å²) in [6.07, 6.45) is 3.50. The summed E-state index contributed by atoms with van der Waals surface area (Å²) >= 11 is 0. The Labute approximate surface area is 165 Å². The van der Waals surface area contributed by atoms with Crippen LogP contribution in [0.15, 0.2) is 18.2 Å². The number of likely N-dealkylation sites (tertiary alicyclic amines) is 2. The fraction of sp³-hybridized carbons (Fsp3) is 0.667. The highest BCUT2D eigenvalue weighted by atomic mass is 19.2. The molecule has 0 aromatic heterocycles. The summed E-state index contributed by atoms with van der Waals surface area (Å²) in [5, 5.41) is 14.4. The van der Waals surface area contributed by atoms with Gasteiger partial charge in [-0.05, 0) is 70.3 Å². The summed E-state index contributed by atoms with van der Waals surface area (Å²) in [4.78, 5) is 16.9. The lowest BCUT2D eigenvalue weighted by Gasteiger charge is -2.41. The van der Waals surface area contributed by atoms with Crippen molar-refractivity contribution in [1.29, 1.82) is 0 Å². The molecule has 7 heteroatoms. The summed E-state index contributed by atoms with van der Waals surface area (Å²) in [7, 11) is 0. The van der Waals surface area contributed by atoms with E-state index < -0.39 is 17.2 Å². The van der Waals surface area contributed by atoms with Crippen LogP contribution in [0, 0.1) is 11.6 Å². The van der Waals surface area contributed by atoms with Crippen LogP contribution in [0.4, 0.5) is 8.78 Å². The molecule has 1 amide bonds. The third-order valence-corrected chi connectivity index (χ3v) is 5.74. The minimum Gasteiger partial charge on any atom is -0.379 e. The average molecular weight is 395 g/mol. The van der Waals surface area contributed by atoms with E-state index in [0.717, 1.165) is 31.8 Å². The normalized spacial score (nSPS) is 24.2. The van der Waals surface area contributed by atoms with Crippen LogP contribution < -0.4 is 5.32 Å². The molecule has 1 atom stereocenters. The zero-order valence-corrected chi connectivity index (χ0v) is 16.8. The van der Waals surface area contributed by atoms with Crippen molar-refractivity contribution in [3.8, 4) is 0 Å². The number of nitrogens with zero attached hydrogens (tertiary/aromatic N) is 2. The van der Waals surface area contributed by atoms with Crippen LogP contribution in [-0.2, 0) is 11.3 Å². The summed E-state index contributed by atoms with van der Waals surface area (Å²) in [5.74, 6) is -2.19. The lowest BCUT2D eigenvalue weighted by atomic mass is 9.90. The van der Waals surface area contributed by atoms with E-state index in [4.69, 9.17) is 0 Å². The van der Waals surface area contributed by atoms with Crippen LogP contribution in [0.5, 0.6) is 0 Å². The highest BCUT2D eigenvalue weighted by Gasteiger charge is 2.43. The number of hydrogen-bond acceptors (Lipinski definition) is 4. The van der Waals surface area contributed by atoms with Gasteiger partial charge in [-0.3, -0.25) is 4.79 Å². The third-order valence-electron chi connectivity index (χ3n) is 5.74. The largest absolute Gasteiger partial charge is 0.379 e. The number of carbonyl (C=O) groups is 1. The number of halogens is 2. The van der Waals surface area contributed by atoms with Crippen molar-refractivity contribution in [2.75, 3.05) is 32.7 Å². The molecule has 2 aliphatic rings. The van der Waals surface area contributed by atoms with Gasteiger partial charge < -0.3 is 20.2 Å². The molecule has 5 nitrogen and oxygen atoms in total. The van der Waals surface area contributed by atoms with Gasteiger partial charge in [-0.25, -0.2) is 8.78 Å². The summed E-state index contributed by atoms with van der Waals surface area (Å²) in [5.41, 5.74) is -1.18. The molecule has 2 N–H and O–H groups in total. The highest BCUT2D eigenvalue weighted by molar-refractivity contribution is 5.86. The summed E-state index contributed by atoms with van der Waals surface area (Å²) in [6.45, 7) is 8.07. The Morgan fingerprint density at radius 1 is 1.14 bits per heavy atom. The molecule has 2 heterocycles. The van der Waals surface area contributed by atoms with Crippen LogP contribution in [0.1, 0.15) is 45.1 Å². The van der Waals surface area contributed by atoms with Crippen LogP contribution in [0.25, 0.3) is 0 Å². The van der Waals surface area contributed by atoms with Crippen LogP contribution in [-0.4, -0.2) is 64.7 Å². The molecule has 2 aliphatic heterocycles. The smallest absolute Gasteiger partial charge is 0.256 e. The molecule has 2 saturated heterocycles. The molecule has 156 valence electrons. The predicted molar refractivity (Wildman–Crippen MR) is 104 cm³/mol. The molecule has 1 aromatic carbocycles. The van der Waals surface area contributed by atoms with E-state index in [1.807, 2.05) is 0 Å². The highest BCUT2D eigenvalue weighted by Crippen LogP contribution is 2.25. The van der Waals surface area contributed by atoms with E-state index in [9.17, 15) is 18.7 Å². The number of nitrogens with one attached hydrogen (secondary N) is 1. The minimum absolute atomic E-state index is 0.162. The molecule has 0 bridgehead atoms. The summed E-state index contributed by atoms with van der Waals surface area (Å²) < 4.78 is 26.6. The van der Waals surface area contributed by atoms with Crippen molar-refractivity contribution in [3.05, 3.63) is 35.4 Å². The lowest BCUT2D eigenvalue weighted by Crippen LogP contribution is -2.61. The van der Waals surface area contributed by atoms with Gasteiger partial charge in [0.05, 0.1) is 0 Å². The third kappa shape index (κ3) is 5.07. The number of piperidine rings is 1. The van der Waals surface area contributed by atoms with Gasteiger partial charge in [0.2, 0.25) is 0 Å². The summed E-state index contributed by atoms with van der Waals surface area (Å²) in [6, 6.07) is 3.64. The maximum Gasteiger partial charge on any atom is 0.256 e. The van der Waals surface area contributed by atoms with E-state index in [-0.39, 0.29) is 24.5 Å². The van der Waals surface area contributed by atoms with Crippen molar-refractivity contribution in [1.82, 2.24) is 15.1 Å².